The second kappa shape index (κ2) is 12.3. The maximum absolute atomic E-state index is 11.1. The molecular formula is C31H34O6. The Kier molecular flexibility index (Phi) is 8.72. The van der Waals surface area contributed by atoms with Crippen LogP contribution in [0.1, 0.15) is 48.4 Å². The van der Waals surface area contributed by atoms with E-state index in [2.05, 4.69) is 69.0 Å². The van der Waals surface area contributed by atoms with Crippen molar-refractivity contribution in [2.45, 2.75) is 45.3 Å². The van der Waals surface area contributed by atoms with Gasteiger partial charge in [-0.2, -0.15) is 0 Å². The zero-order valence-electron chi connectivity index (χ0n) is 21.6. The van der Waals surface area contributed by atoms with Gasteiger partial charge >= 0.3 is 6.16 Å². The molecule has 3 aromatic rings. The van der Waals surface area contributed by atoms with Crippen LogP contribution in [0.15, 0.2) is 85.1 Å². The first-order chi connectivity index (χ1) is 17.9. The molecular weight excluding hydrogens is 468 g/mol. The van der Waals surface area contributed by atoms with Gasteiger partial charge in [-0.3, -0.25) is 0 Å². The Hall–Kier alpha value is -3.93. The first-order valence-corrected chi connectivity index (χ1v) is 12.6. The quantitative estimate of drug-likeness (QED) is 0.154. The first kappa shape index (κ1) is 26.1. The Balaban J connectivity index is 1.49. The molecule has 1 heterocycles. The van der Waals surface area contributed by atoms with Crippen LogP contribution in [0.5, 0.6) is 11.5 Å². The number of aryl methyl sites for hydroxylation is 1. The number of cyclic esters (lactones) is 2. The van der Waals surface area contributed by atoms with Crippen LogP contribution in [0, 0.1) is 6.92 Å². The molecule has 6 heteroatoms. The monoisotopic (exact) mass is 502 g/mol. The van der Waals surface area contributed by atoms with Crippen molar-refractivity contribution in [2.24, 2.45) is 0 Å². The lowest BCUT2D eigenvalue weighted by molar-refractivity contribution is 0.0674. The molecule has 6 nitrogen and oxygen atoms in total. The number of allylic oxidation sites excluding steroid dienone is 1. The fraction of sp³-hybridized carbons (Fsp3) is 0.323. The van der Waals surface area contributed by atoms with Crippen molar-refractivity contribution in [3.05, 3.63) is 107 Å². The molecule has 1 aliphatic heterocycles. The minimum absolute atomic E-state index is 0.0218. The molecule has 1 saturated heterocycles. The number of carbonyl (C=O) groups is 1. The van der Waals surface area contributed by atoms with Gasteiger partial charge in [0.05, 0.1) is 5.76 Å². The highest BCUT2D eigenvalue weighted by Gasteiger charge is 2.25. The average molecular weight is 503 g/mol. The Morgan fingerprint density at radius 2 is 1.46 bits per heavy atom. The summed E-state index contributed by atoms with van der Waals surface area (Å²) in [6.07, 6.45) is -0.203. The number of benzene rings is 3. The van der Waals surface area contributed by atoms with Crippen LogP contribution in [-0.4, -0.2) is 38.2 Å². The van der Waals surface area contributed by atoms with Gasteiger partial charge in [0, 0.05) is 5.92 Å². The molecule has 0 spiro atoms. The highest BCUT2D eigenvalue weighted by Crippen LogP contribution is 2.34. The van der Waals surface area contributed by atoms with Gasteiger partial charge in [0.15, 0.2) is 6.10 Å². The van der Waals surface area contributed by atoms with Gasteiger partial charge in [-0.1, -0.05) is 67.6 Å². The number of hydrogen-bond donors (Lipinski definition) is 0. The van der Waals surface area contributed by atoms with Crippen molar-refractivity contribution in [3.63, 3.8) is 0 Å². The van der Waals surface area contributed by atoms with Crippen LogP contribution < -0.4 is 9.47 Å². The van der Waals surface area contributed by atoms with Gasteiger partial charge in [0.2, 0.25) is 0 Å². The van der Waals surface area contributed by atoms with E-state index in [-0.39, 0.29) is 31.3 Å². The molecule has 0 N–H and O–H groups in total. The van der Waals surface area contributed by atoms with E-state index >= 15 is 0 Å². The van der Waals surface area contributed by atoms with Gasteiger partial charge < -0.3 is 23.7 Å². The van der Waals surface area contributed by atoms with E-state index in [0.29, 0.717) is 18.1 Å². The molecule has 1 aliphatic rings. The summed E-state index contributed by atoms with van der Waals surface area (Å²) in [5.74, 6) is 2.25. The molecule has 0 bridgehead atoms. The van der Waals surface area contributed by atoms with Crippen molar-refractivity contribution in [2.75, 3.05) is 19.8 Å². The van der Waals surface area contributed by atoms with E-state index < -0.39 is 6.16 Å². The lowest BCUT2D eigenvalue weighted by Gasteiger charge is -2.21. The highest BCUT2D eigenvalue weighted by molar-refractivity contribution is 5.61. The maximum Gasteiger partial charge on any atom is 0.508 e. The van der Waals surface area contributed by atoms with Gasteiger partial charge in [-0.15, -0.1) is 0 Å². The predicted molar refractivity (Wildman–Crippen MR) is 142 cm³/mol. The van der Waals surface area contributed by atoms with Crippen molar-refractivity contribution in [1.29, 1.82) is 0 Å². The average Bonchev–Trinajstić information content (AvgIpc) is 3.33. The normalized spacial score (nSPS) is 16.3. The fourth-order valence-electron chi connectivity index (χ4n) is 4.19. The predicted octanol–water partition coefficient (Wildman–Crippen LogP) is 6.80. The molecule has 0 radical (unpaired) electrons. The van der Waals surface area contributed by atoms with Gasteiger partial charge in [-0.25, -0.2) is 4.79 Å². The Morgan fingerprint density at radius 3 is 1.95 bits per heavy atom. The summed E-state index contributed by atoms with van der Waals surface area (Å²) >= 11 is 0. The van der Waals surface area contributed by atoms with Crippen LogP contribution in [0.3, 0.4) is 0 Å². The second-order valence-electron chi connectivity index (χ2n) is 9.25. The molecule has 194 valence electrons. The van der Waals surface area contributed by atoms with E-state index in [0.717, 1.165) is 23.3 Å². The topological polar surface area (TPSA) is 63.2 Å². The number of hydrogen-bond acceptors (Lipinski definition) is 6. The zero-order chi connectivity index (χ0) is 26.2. The molecule has 4 rings (SSSR count). The fourth-order valence-corrected chi connectivity index (χ4v) is 4.19. The Bertz CT molecular complexity index is 1170. The lowest BCUT2D eigenvalue weighted by atomic mass is 9.85. The highest BCUT2D eigenvalue weighted by atomic mass is 16.8. The van der Waals surface area contributed by atoms with Crippen molar-refractivity contribution < 1.29 is 28.5 Å². The third-order valence-corrected chi connectivity index (χ3v) is 6.18. The number of carbonyl (C=O) groups excluding carboxylic acids is 1. The number of rotatable bonds is 12. The smallest absolute Gasteiger partial charge is 0.492 e. The summed E-state index contributed by atoms with van der Waals surface area (Å²) in [5, 5.41) is 0. The Morgan fingerprint density at radius 1 is 0.919 bits per heavy atom. The summed E-state index contributed by atoms with van der Waals surface area (Å²) in [4.78, 5) is 11.1. The van der Waals surface area contributed by atoms with Crippen molar-refractivity contribution in [3.8, 4) is 11.5 Å². The molecule has 37 heavy (non-hydrogen) atoms. The number of ether oxygens (including phenoxy) is 5. The van der Waals surface area contributed by atoms with Gasteiger partial charge in [0.1, 0.15) is 37.4 Å². The first-order valence-electron chi connectivity index (χ1n) is 12.6. The minimum atomic E-state index is -0.647. The molecule has 1 fully saturated rings. The summed E-state index contributed by atoms with van der Waals surface area (Å²) in [6.45, 7) is 10.8. The lowest BCUT2D eigenvalue weighted by Crippen LogP contribution is -2.20. The third-order valence-electron chi connectivity index (χ3n) is 6.18. The van der Waals surface area contributed by atoms with Crippen LogP contribution in [0.4, 0.5) is 4.79 Å². The van der Waals surface area contributed by atoms with E-state index in [1.165, 1.54) is 11.1 Å². The molecule has 3 aromatic carbocycles. The third kappa shape index (κ3) is 7.29. The van der Waals surface area contributed by atoms with E-state index in [9.17, 15) is 4.79 Å². The molecule has 3 atom stereocenters. The maximum atomic E-state index is 11.1. The van der Waals surface area contributed by atoms with Crippen molar-refractivity contribution in [1.82, 2.24) is 0 Å². The minimum Gasteiger partial charge on any atom is -0.492 e. The van der Waals surface area contributed by atoms with E-state index in [4.69, 9.17) is 23.7 Å². The molecule has 0 saturated carbocycles. The van der Waals surface area contributed by atoms with Crippen molar-refractivity contribution >= 4 is 6.16 Å². The van der Waals surface area contributed by atoms with Crippen LogP contribution >= 0.6 is 0 Å². The summed E-state index contributed by atoms with van der Waals surface area (Å²) in [7, 11) is 0. The SMILES string of the molecule is C=C(C)OC(CC)COc1ccc(C(c2ccc(C)cc2)c2ccc(OCC3COC(=O)O3)cc2)cc1. The molecule has 0 amide bonds. The van der Waals surface area contributed by atoms with E-state index in [1.807, 2.05) is 31.2 Å². The zero-order valence-corrected chi connectivity index (χ0v) is 21.6. The van der Waals surface area contributed by atoms with Crippen LogP contribution in [0.2, 0.25) is 0 Å². The largest absolute Gasteiger partial charge is 0.508 e. The standard InChI is InChI=1S/C31H34O6/c1-5-26(36-21(2)3)18-33-27-14-10-24(11-15-27)30(23-8-6-22(4)7-9-23)25-12-16-28(17-13-25)34-19-29-20-35-31(32)37-29/h6-17,26,29-30H,2,5,18-20H2,1,3-4H3. The Labute approximate surface area is 218 Å². The van der Waals surface area contributed by atoms with Gasteiger partial charge in [-0.05, 0) is 61.2 Å². The summed E-state index contributed by atoms with van der Waals surface area (Å²) in [5.41, 5.74) is 4.71. The molecule has 0 aliphatic carbocycles. The molecule has 0 aromatic heterocycles. The van der Waals surface area contributed by atoms with Crippen LogP contribution in [-0.2, 0) is 14.2 Å². The molecule has 3 unspecified atom stereocenters. The van der Waals surface area contributed by atoms with Gasteiger partial charge in [0.25, 0.3) is 0 Å². The van der Waals surface area contributed by atoms with E-state index in [1.54, 1.807) is 0 Å². The summed E-state index contributed by atoms with van der Waals surface area (Å²) < 4.78 is 27.3. The second-order valence-corrected chi connectivity index (χ2v) is 9.25. The van der Waals surface area contributed by atoms with Crippen LogP contribution in [0.25, 0.3) is 0 Å². The summed E-state index contributed by atoms with van der Waals surface area (Å²) in [6, 6.07) is 24.9.